The third kappa shape index (κ3) is 6.24. The Balaban J connectivity index is 1.33. The van der Waals surface area contributed by atoms with Gasteiger partial charge in [0.2, 0.25) is 0 Å². The molecule has 0 aromatic heterocycles. The van der Waals surface area contributed by atoms with Gasteiger partial charge in [0.1, 0.15) is 0 Å². The van der Waals surface area contributed by atoms with E-state index in [-0.39, 0.29) is 5.92 Å². The predicted molar refractivity (Wildman–Crippen MR) is 189 cm³/mol. The summed E-state index contributed by atoms with van der Waals surface area (Å²) in [5, 5.41) is 0. The first-order valence-electron chi connectivity index (χ1n) is 15.8. The highest BCUT2D eigenvalue weighted by Gasteiger charge is 2.18. The number of nitrogens with zero attached hydrogens (tertiary/aromatic N) is 1. The molecule has 44 heavy (non-hydrogen) atoms. The summed E-state index contributed by atoms with van der Waals surface area (Å²) in [7, 11) is 0. The number of rotatable bonds is 9. The topological polar surface area (TPSA) is 3.24 Å². The van der Waals surface area contributed by atoms with E-state index in [0.717, 1.165) is 18.5 Å². The molecule has 1 nitrogen and oxygen atoms in total. The molecule has 0 spiro atoms. The fraction of sp³-hybridized carbons (Fsp3) is 0.163. The number of hydrogen-bond acceptors (Lipinski definition) is 1. The zero-order chi connectivity index (χ0) is 30.5. The van der Waals surface area contributed by atoms with Crippen LogP contribution in [0.5, 0.6) is 0 Å². The lowest BCUT2D eigenvalue weighted by atomic mass is 9.84. The van der Waals surface area contributed by atoms with Gasteiger partial charge in [-0.2, -0.15) is 0 Å². The summed E-state index contributed by atoms with van der Waals surface area (Å²) >= 11 is 0. The lowest BCUT2D eigenvalue weighted by Gasteiger charge is -2.26. The molecule has 0 N–H and O–H groups in total. The van der Waals surface area contributed by atoms with E-state index in [9.17, 15) is 0 Å². The maximum atomic E-state index is 2.37. The quantitative estimate of drug-likeness (QED) is 0.156. The van der Waals surface area contributed by atoms with Crippen molar-refractivity contribution >= 4 is 17.1 Å². The first kappa shape index (κ1) is 29.2. The van der Waals surface area contributed by atoms with Gasteiger partial charge in [-0.15, -0.1) is 0 Å². The predicted octanol–water partition coefficient (Wildman–Crippen LogP) is 11.7. The van der Waals surface area contributed by atoms with Gasteiger partial charge in [-0.3, -0.25) is 0 Å². The Bertz CT molecular complexity index is 1810. The number of aryl methyl sites for hydroxylation is 4. The maximum Gasteiger partial charge on any atom is 0.0464 e. The first-order chi connectivity index (χ1) is 21.5. The second kappa shape index (κ2) is 13.2. The minimum atomic E-state index is 0.197. The summed E-state index contributed by atoms with van der Waals surface area (Å²) in [6.07, 6.45) is 2.08. The molecule has 6 aromatic rings. The summed E-state index contributed by atoms with van der Waals surface area (Å²) < 4.78 is 0. The minimum absolute atomic E-state index is 0.197. The zero-order valence-electron chi connectivity index (χ0n) is 26.3. The molecule has 0 saturated carbocycles. The molecule has 0 saturated heterocycles. The normalized spacial score (nSPS) is 11.7. The largest absolute Gasteiger partial charge is 0.310 e. The van der Waals surface area contributed by atoms with Crippen LogP contribution in [0.2, 0.25) is 0 Å². The highest BCUT2D eigenvalue weighted by atomic mass is 15.1. The van der Waals surface area contributed by atoms with Crippen molar-refractivity contribution in [3.63, 3.8) is 0 Å². The van der Waals surface area contributed by atoms with Gasteiger partial charge in [-0.25, -0.2) is 0 Å². The Morgan fingerprint density at radius 2 is 1.05 bits per heavy atom. The smallest absolute Gasteiger partial charge is 0.0464 e. The van der Waals surface area contributed by atoms with Crippen LogP contribution in [-0.2, 0) is 12.8 Å². The Kier molecular flexibility index (Phi) is 8.75. The Morgan fingerprint density at radius 1 is 0.477 bits per heavy atom. The van der Waals surface area contributed by atoms with Gasteiger partial charge in [-0.1, -0.05) is 129 Å². The summed E-state index contributed by atoms with van der Waals surface area (Å²) in [5.74, 6) is 0.197. The first-order valence-corrected chi connectivity index (χ1v) is 15.8. The summed E-state index contributed by atoms with van der Waals surface area (Å²) in [6, 6.07) is 53.6. The van der Waals surface area contributed by atoms with Crippen molar-refractivity contribution in [3.8, 4) is 11.1 Å². The van der Waals surface area contributed by atoms with E-state index in [1.807, 2.05) is 0 Å². The van der Waals surface area contributed by atoms with Crippen LogP contribution in [0, 0.1) is 13.8 Å². The fourth-order valence-corrected chi connectivity index (χ4v) is 6.29. The second-order valence-corrected chi connectivity index (χ2v) is 11.7. The van der Waals surface area contributed by atoms with Crippen LogP contribution in [0.3, 0.4) is 0 Å². The number of benzene rings is 6. The molecular weight excluding hydrogens is 530 g/mol. The third-order valence-electron chi connectivity index (χ3n) is 8.78. The van der Waals surface area contributed by atoms with Crippen molar-refractivity contribution in [2.75, 3.05) is 4.90 Å². The van der Waals surface area contributed by atoms with E-state index in [0.29, 0.717) is 0 Å². The van der Waals surface area contributed by atoms with Crippen molar-refractivity contribution in [1.82, 2.24) is 0 Å². The summed E-state index contributed by atoms with van der Waals surface area (Å²) in [6.45, 7) is 8.81. The van der Waals surface area contributed by atoms with Crippen LogP contribution >= 0.6 is 0 Å². The Labute approximate surface area is 263 Å². The van der Waals surface area contributed by atoms with E-state index in [2.05, 4.69) is 178 Å². The Hall–Kier alpha value is -4.88. The van der Waals surface area contributed by atoms with Gasteiger partial charge in [0, 0.05) is 23.0 Å². The molecule has 6 aromatic carbocycles. The summed E-state index contributed by atoms with van der Waals surface area (Å²) in [5.41, 5.74) is 15.2. The van der Waals surface area contributed by atoms with Crippen LogP contribution < -0.4 is 4.90 Å². The molecule has 1 atom stereocenters. The third-order valence-corrected chi connectivity index (χ3v) is 8.78. The highest BCUT2D eigenvalue weighted by Crippen LogP contribution is 2.38. The molecule has 1 unspecified atom stereocenters. The van der Waals surface area contributed by atoms with Crippen molar-refractivity contribution in [1.29, 1.82) is 0 Å². The summed E-state index contributed by atoms with van der Waals surface area (Å²) in [4.78, 5) is 2.37. The van der Waals surface area contributed by atoms with Crippen LogP contribution in [0.1, 0.15) is 58.7 Å². The Morgan fingerprint density at radius 3 is 1.64 bits per heavy atom. The van der Waals surface area contributed by atoms with E-state index >= 15 is 0 Å². The molecule has 0 aliphatic rings. The average molecular weight is 572 g/mol. The zero-order valence-corrected chi connectivity index (χ0v) is 26.3. The molecule has 0 heterocycles. The van der Waals surface area contributed by atoms with Crippen molar-refractivity contribution in [2.45, 2.75) is 46.5 Å². The molecule has 1 heteroatoms. The van der Waals surface area contributed by atoms with Gasteiger partial charge in [0.05, 0.1) is 0 Å². The molecule has 0 bridgehead atoms. The number of anilines is 3. The molecule has 0 aliphatic heterocycles. The van der Waals surface area contributed by atoms with Gasteiger partial charge in [-0.05, 0) is 108 Å². The molecule has 0 aliphatic carbocycles. The van der Waals surface area contributed by atoms with E-state index in [4.69, 9.17) is 0 Å². The van der Waals surface area contributed by atoms with Crippen molar-refractivity contribution in [3.05, 3.63) is 185 Å². The lowest BCUT2D eigenvalue weighted by molar-refractivity contribution is 0.975. The van der Waals surface area contributed by atoms with Crippen molar-refractivity contribution in [2.24, 2.45) is 0 Å². The molecule has 6 rings (SSSR count). The van der Waals surface area contributed by atoms with Crippen LogP contribution in [0.25, 0.3) is 11.1 Å². The maximum absolute atomic E-state index is 2.37. The van der Waals surface area contributed by atoms with Gasteiger partial charge in [0.25, 0.3) is 0 Å². The van der Waals surface area contributed by atoms with Crippen LogP contribution in [0.4, 0.5) is 17.1 Å². The molecule has 0 amide bonds. The average Bonchev–Trinajstić information content (AvgIpc) is 3.07. The standard InChI is InChI=1S/C43H41N/c1-5-33-15-24-40(25-16-33)44(42-28-21-34(6-2)32(4)30-42)41-26-22-36(23-27-41)35-17-19-38(20-18-35)43(37-12-8-7-9-13-37)39-14-10-11-31(3)29-39/h7-30,43H,5-6H2,1-4H3. The molecule has 0 fully saturated rings. The fourth-order valence-electron chi connectivity index (χ4n) is 6.29. The van der Waals surface area contributed by atoms with Crippen LogP contribution in [-0.4, -0.2) is 0 Å². The SMILES string of the molecule is CCc1ccc(N(c2ccc(-c3ccc(C(c4ccccc4)c4cccc(C)c4)cc3)cc2)c2ccc(CC)c(C)c2)cc1. The van der Waals surface area contributed by atoms with Crippen LogP contribution in [0.15, 0.2) is 146 Å². The van der Waals surface area contributed by atoms with Crippen molar-refractivity contribution < 1.29 is 0 Å². The van der Waals surface area contributed by atoms with Gasteiger partial charge >= 0.3 is 0 Å². The highest BCUT2D eigenvalue weighted by molar-refractivity contribution is 5.79. The molecule has 218 valence electrons. The van der Waals surface area contributed by atoms with E-state index < -0.39 is 0 Å². The molecule has 0 radical (unpaired) electrons. The van der Waals surface area contributed by atoms with E-state index in [1.165, 1.54) is 61.4 Å². The lowest BCUT2D eigenvalue weighted by Crippen LogP contribution is -2.10. The minimum Gasteiger partial charge on any atom is -0.310 e. The van der Waals surface area contributed by atoms with Gasteiger partial charge < -0.3 is 4.90 Å². The molecular formula is C43H41N. The second-order valence-electron chi connectivity index (χ2n) is 11.7. The van der Waals surface area contributed by atoms with E-state index in [1.54, 1.807) is 0 Å². The van der Waals surface area contributed by atoms with Gasteiger partial charge in [0.15, 0.2) is 0 Å². The monoisotopic (exact) mass is 571 g/mol. The number of hydrogen-bond donors (Lipinski definition) is 0.